The molecule has 0 amide bonds. The molecule has 0 fully saturated rings. The molecule has 0 rings (SSSR count). The number of hydrogen-bond donors (Lipinski definition) is 2. The zero-order chi connectivity index (χ0) is 7.98. The fraction of sp³-hybridized carbons (Fsp3) is 0.750. The predicted molar refractivity (Wildman–Crippen MR) is 41.5 cm³/mol. The van der Waals surface area contributed by atoms with Crippen molar-refractivity contribution in [3.05, 3.63) is 11.6 Å². The minimum absolute atomic E-state index is 0.724. The van der Waals surface area contributed by atoms with Crippen LogP contribution in [0.15, 0.2) is 11.6 Å². The van der Waals surface area contributed by atoms with Gasteiger partial charge in [-0.3, -0.25) is 0 Å². The zero-order valence-electron chi connectivity index (χ0n) is 6.67. The van der Waals surface area contributed by atoms with Crippen LogP contribution in [-0.2, 0) is 0 Å². The van der Waals surface area contributed by atoms with Crippen molar-refractivity contribution in [2.24, 2.45) is 0 Å². The van der Waals surface area contributed by atoms with E-state index < -0.39 is 6.29 Å². The fourth-order valence-corrected chi connectivity index (χ4v) is 0.803. The van der Waals surface area contributed by atoms with E-state index >= 15 is 0 Å². The minimum atomic E-state index is -1.25. The van der Waals surface area contributed by atoms with Crippen LogP contribution < -0.4 is 0 Å². The highest BCUT2D eigenvalue weighted by Gasteiger charge is 2.02. The molecule has 0 atom stereocenters. The van der Waals surface area contributed by atoms with E-state index in [4.69, 9.17) is 10.2 Å². The standard InChI is InChI=1S/C8H16O2/c1-3-5-6-7(4-2)8(9)10/h4,8-10H,3,5-6H2,1-2H3. The maximum absolute atomic E-state index is 8.73. The van der Waals surface area contributed by atoms with Gasteiger partial charge in [0.05, 0.1) is 0 Å². The van der Waals surface area contributed by atoms with Gasteiger partial charge in [0.2, 0.25) is 0 Å². The largest absolute Gasteiger partial charge is 0.365 e. The third-order valence-electron chi connectivity index (χ3n) is 1.52. The highest BCUT2D eigenvalue weighted by atomic mass is 16.5. The Labute approximate surface area is 62.2 Å². The molecule has 0 aromatic rings. The van der Waals surface area contributed by atoms with Gasteiger partial charge in [-0.1, -0.05) is 19.4 Å². The van der Waals surface area contributed by atoms with Crippen LogP contribution in [0.25, 0.3) is 0 Å². The second-order valence-electron chi connectivity index (χ2n) is 2.34. The lowest BCUT2D eigenvalue weighted by molar-refractivity contribution is -0.0105. The Hall–Kier alpha value is -0.340. The molecule has 0 aliphatic carbocycles. The molecule has 2 heteroatoms. The maximum atomic E-state index is 8.73. The smallest absolute Gasteiger partial charge is 0.174 e. The molecule has 0 saturated heterocycles. The van der Waals surface area contributed by atoms with Gasteiger partial charge in [0.15, 0.2) is 6.29 Å². The van der Waals surface area contributed by atoms with Crippen molar-refractivity contribution in [3.8, 4) is 0 Å². The Balaban J connectivity index is 3.63. The van der Waals surface area contributed by atoms with Gasteiger partial charge in [-0.25, -0.2) is 0 Å². The van der Waals surface area contributed by atoms with Crippen molar-refractivity contribution in [2.75, 3.05) is 0 Å². The minimum Gasteiger partial charge on any atom is -0.365 e. The molecule has 0 heterocycles. The molecule has 0 aliphatic rings. The molecular weight excluding hydrogens is 128 g/mol. The molecule has 2 nitrogen and oxygen atoms in total. The van der Waals surface area contributed by atoms with Gasteiger partial charge in [-0.05, 0) is 25.3 Å². The van der Waals surface area contributed by atoms with Crippen molar-refractivity contribution in [1.82, 2.24) is 0 Å². The van der Waals surface area contributed by atoms with Crippen LogP contribution in [0.2, 0.25) is 0 Å². The Bertz CT molecular complexity index is 106. The summed E-state index contributed by atoms with van der Waals surface area (Å²) in [6.45, 7) is 3.90. The third kappa shape index (κ3) is 3.64. The molecule has 2 N–H and O–H groups in total. The number of aliphatic hydroxyl groups excluding tert-OH is 1. The Kier molecular flexibility index (Phi) is 5.26. The topological polar surface area (TPSA) is 40.5 Å². The van der Waals surface area contributed by atoms with Gasteiger partial charge >= 0.3 is 0 Å². The van der Waals surface area contributed by atoms with Crippen molar-refractivity contribution in [2.45, 2.75) is 39.4 Å². The summed E-state index contributed by atoms with van der Waals surface area (Å²) < 4.78 is 0. The van der Waals surface area contributed by atoms with E-state index in [0.717, 1.165) is 24.8 Å². The van der Waals surface area contributed by atoms with Crippen molar-refractivity contribution in [3.63, 3.8) is 0 Å². The highest BCUT2D eigenvalue weighted by Crippen LogP contribution is 2.09. The molecule has 0 radical (unpaired) electrons. The van der Waals surface area contributed by atoms with E-state index in [0.29, 0.717) is 0 Å². The Morgan fingerprint density at radius 1 is 1.50 bits per heavy atom. The number of unbranched alkanes of at least 4 members (excludes halogenated alkanes) is 1. The SMILES string of the molecule is CC=C(CCCC)C(O)O. The number of allylic oxidation sites excluding steroid dienone is 1. The summed E-state index contributed by atoms with van der Waals surface area (Å²) in [7, 11) is 0. The van der Waals surface area contributed by atoms with Crippen LogP contribution in [-0.4, -0.2) is 16.5 Å². The molecule has 0 aliphatic heterocycles. The average molecular weight is 144 g/mol. The lowest BCUT2D eigenvalue weighted by atomic mass is 10.1. The Morgan fingerprint density at radius 2 is 2.10 bits per heavy atom. The molecule has 0 aromatic carbocycles. The monoisotopic (exact) mass is 144 g/mol. The highest BCUT2D eigenvalue weighted by molar-refractivity contribution is 5.02. The van der Waals surface area contributed by atoms with Crippen LogP contribution in [0.1, 0.15) is 33.1 Å². The lowest BCUT2D eigenvalue weighted by Crippen LogP contribution is -2.07. The molecule has 0 aromatic heterocycles. The lowest BCUT2D eigenvalue weighted by Gasteiger charge is -2.06. The molecule has 10 heavy (non-hydrogen) atoms. The van der Waals surface area contributed by atoms with Crippen molar-refractivity contribution >= 4 is 0 Å². The van der Waals surface area contributed by atoms with E-state index in [9.17, 15) is 0 Å². The van der Waals surface area contributed by atoms with Gasteiger partial charge in [0, 0.05) is 0 Å². The first-order valence-corrected chi connectivity index (χ1v) is 3.73. The van der Waals surface area contributed by atoms with Gasteiger partial charge in [-0.15, -0.1) is 0 Å². The van der Waals surface area contributed by atoms with Crippen LogP contribution in [0.3, 0.4) is 0 Å². The summed E-state index contributed by atoms with van der Waals surface area (Å²) in [5.74, 6) is 0. The van der Waals surface area contributed by atoms with Crippen LogP contribution in [0, 0.1) is 0 Å². The van der Waals surface area contributed by atoms with E-state index in [1.54, 1.807) is 6.08 Å². The first kappa shape index (κ1) is 9.66. The zero-order valence-corrected chi connectivity index (χ0v) is 6.67. The van der Waals surface area contributed by atoms with E-state index in [2.05, 4.69) is 6.92 Å². The summed E-state index contributed by atoms with van der Waals surface area (Å²) in [4.78, 5) is 0. The quantitative estimate of drug-likeness (QED) is 0.463. The van der Waals surface area contributed by atoms with Crippen LogP contribution in [0.5, 0.6) is 0 Å². The number of rotatable bonds is 4. The normalized spacial score (nSPS) is 12.7. The van der Waals surface area contributed by atoms with Crippen molar-refractivity contribution < 1.29 is 10.2 Å². The predicted octanol–water partition coefficient (Wildman–Crippen LogP) is 1.43. The summed E-state index contributed by atoms with van der Waals surface area (Å²) in [5.41, 5.74) is 0.724. The number of aliphatic hydroxyl groups is 2. The second-order valence-corrected chi connectivity index (χ2v) is 2.34. The summed E-state index contributed by atoms with van der Waals surface area (Å²) in [6, 6.07) is 0. The van der Waals surface area contributed by atoms with Gasteiger partial charge in [-0.2, -0.15) is 0 Å². The summed E-state index contributed by atoms with van der Waals surface area (Å²) >= 11 is 0. The second kappa shape index (κ2) is 5.45. The van der Waals surface area contributed by atoms with Gasteiger partial charge in [0.25, 0.3) is 0 Å². The van der Waals surface area contributed by atoms with Crippen molar-refractivity contribution in [1.29, 1.82) is 0 Å². The van der Waals surface area contributed by atoms with Crippen LogP contribution >= 0.6 is 0 Å². The third-order valence-corrected chi connectivity index (χ3v) is 1.52. The first-order valence-electron chi connectivity index (χ1n) is 3.73. The number of hydrogen-bond acceptors (Lipinski definition) is 2. The molecular formula is C8H16O2. The fourth-order valence-electron chi connectivity index (χ4n) is 0.803. The molecule has 0 saturated carbocycles. The molecule has 0 unspecified atom stereocenters. The Morgan fingerprint density at radius 3 is 2.40 bits per heavy atom. The summed E-state index contributed by atoms with van der Waals surface area (Å²) in [6.07, 6.45) is 3.42. The van der Waals surface area contributed by atoms with E-state index in [1.165, 1.54) is 0 Å². The van der Waals surface area contributed by atoms with Crippen LogP contribution in [0.4, 0.5) is 0 Å². The van der Waals surface area contributed by atoms with E-state index in [1.807, 2.05) is 6.92 Å². The molecule has 0 bridgehead atoms. The van der Waals surface area contributed by atoms with Gasteiger partial charge in [0.1, 0.15) is 0 Å². The average Bonchev–Trinajstić information content (AvgIpc) is 1.89. The summed E-state index contributed by atoms with van der Waals surface area (Å²) in [5, 5.41) is 17.5. The van der Waals surface area contributed by atoms with E-state index in [-0.39, 0.29) is 0 Å². The van der Waals surface area contributed by atoms with Gasteiger partial charge < -0.3 is 10.2 Å². The molecule has 0 spiro atoms. The maximum Gasteiger partial charge on any atom is 0.174 e. The molecule has 60 valence electrons. The first-order chi connectivity index (χ1) is 4.72.